The molecule has 126 valence electrons. The summed E-state index contributed by atoms with van der Waals surface area (Å²) in [6.07, 6.45) is 6.43. The third-order valence-electron chi connectivity index (χ3n) is 3.45. The lowest BCUT2D eigenvalue weighted by atomic mass is 10.1. The van der Waals surface area contributed by atoms with Crippen LogP contribution in [0.25, 0.3) is 11.8 Å². The molecule has 0 saturated heterocycles. The van der Waals surface area contributed by atoms with E-state index >= 15 is 0 Å². The standard InChI is InChI=1S/C18H10Cl4N2O/c19-12-2-1-11(15(21)8-12)7-17(24-6-5-23-10-24)18(25)14-4-3-13(20)9-16(14)22/h1-10H. The average Bonchev–Trinajstić information content (AvgIpc) is 3.08. The van der Waals surface area contributed by atoms with Gasteiger partial charge in [0.25, 0.3) is 0 Å². The fourth-order valence-corrected chi connectivity index (χ4v) is 3.19. The highest BCUT2D eigenvalue weighted by molar-refractivity contribution is 6.40. The van der Waals surface area contributed by atoms with E-state index in [1.807, 2.05) is 0 Å². The zero-order chi connectivity index (χ0) is 18.0. The number of carbonyl (C=O) groups excluding carboxylic acids is 1. The average molecular weight is 412 g/mol. The maximum absolute atomic E-state index is 13.0. The molecule has 0 saturated carbocycles. The molecule has 0 aliphatic carbocycles. The van der Waals surface area contributed by atoms with Crippen molar-refractivity contribution in [3.05, 3.63) is 86.3 Å². The van der Waals surface area contributed by atoms with Crippen LogP contribution in [0.1, 0.15) is 15.9 Å². The predicted molar refractivity (Wildman–Crippen MR) is 104 cm³/mol. The molecule has 25 heavy (non-hydrogen) atoms. The van der Waals surface area contributed by atoms with Crippen molar-refractivity contribution in [1.82, 2.24) is 9.55 Å². The van der Waals surface area contributed by atoms with Gasteiger partial charge < -0.3 is 4.57 Å². The van der Waals surface area contributed by atoms with Crippen LogP contribution >= 0.6 is 46.4 Å². The van der Waals surface area contributed by atoms with E-state index in [1.165, 1.54) is 12.4 Å². The van der Waals surface area contributed by atoms with Crippen molar-refractivity contribution in [2.45, 2.75) is 0 Å². The molecule has 2 aromatic carbocycles. The third kappa shape index (κ3) is 4.07. The summed E-state index contributed by atoms with van der Waals surface area (Å²) in [7, 11) is 0. The van der Waals surface area contributed by atoms with Crippen molar-refractivity contribution >= 4 is 64.0 Å². The number of ketones is 1. The largest absolute Gasteiger partial charge is 0.303 e. The van der Waals surface area contributed by atoms with Crippen LogP contribution in [-0.4, -0.2) is 15.3 Å². The van der Waals surface area contributed by atoms with Crippen LogP contribution in [0.5, 0.6) is 0 Å². The molecule has 7 heteroatoms. The number of benzene rings is 2. The third-order valence-corrected chi connectivity index (χ3v) is 4.56. The number of imidazole rings is 1. The van der Waals surface area contributed by atoms with E-state index < -0.39 is 0 Å². The molecule has 3 nitrogen and oxygen atoms in total. The fraction of sp³-hybridized carbons (Fsp3) is 0. The second-order valence-corrected chi connectivity index (χ2v) is 6.81. The van der Waals surface area contributed by atoms with Gasteiger partial charge in [0.15, 0.2) is 0 Å². The maximum atomic E-state index is 13.0. The Morgan fingerprint density at radius 3 is 2.24 bits per heavy atom. The van der Waals surface area contributed by atoms with Crippen molar-refractivity contribution in [2.24, 2.45) is 0 Å². The van der Waals surface area contributed by atoms with Gasteiger partial charge in [-0.05, 0) is 42.0 Å². The first-order valence-electron chi connectivity index (χ1n) is 7.10. The highest BCUT2D eigenvalue weighted by Gasteiger charge is 2.18. The second-order valence-electron chi connectivity index (χ2n) is 5.12. The quantitative estimate of drug-likeness (QED) is 0.368. The molecule has 0 aliphatic rings. The van der Waals surface area contributed by atoms with Gasteiger partial charge >= 0.3 is 0 Å². The molecule has 0 N–H and O–H groups in total. The van der Waals surface area contributed by atoms with Gasteiger partial charge in [0.2, 0.25) is 5.78 Å². The van der Waals surface area contributed by atoms with Gasteiger partial charge in [-0.25, -0.2) is 4.98 Å². The van der Waals surface area contributed by atoms with Crippen LogP contribution < -0.4 is 0 Å². The van der Waals surface area contributed by atoms with Crippen LogP contribution in [0.4, 0.5) is 0 Å². The summed E-state index contributed by atoms with van der Waals surface area (Å²) in [6.45, 7) is 0. The normalized spacial score (nSPS) is 11.6. The minimum Gasteiger partial charge on any atom is -0.303 e. The number of halogens is 4. The molecule has 0 radical (unpaired) electrons. The first-order chi connectivity index (χ1) is 12.0. The molecule has 1 heterocycles. The highest BCUT2D eigenvalue weighted by Crippen LogP contribution is 2.28. The van der Waals surface area contributed by atoms with Gasteiger partial charge in [0, 0.05) is 33.0 Å². The molecular formula is C18H10Cl4N2O. The van der Waals surface area contributed by atoms with Crippen molar-refractivity contribution in [1.29, 1.82) is 0 Å². The Bertz CT molecular complexity index is 965. The SMILES string of the molecule is O=C(C(=Cc1ccc(Cl)cc1Cl)n1ccnc1)c1ccc(Cl)cc1Cl. The number of hydrogen-bond donors (Lipinski definition) is 0. The lowest BCUT2D eigenvalue weighted by Gasteiger charge is -2.10. The lowest BCUT2D eigenvalue weighted by Crippen LogP contribution is -2.09. The van der Waals surface area contributed by atoms with E-state index in [2.05, 4.69) is 4.98 Å². The molecule has 3 rings (SSSR count). The van der Waals surface area contributed by atoms with Crippen molar-refractivity contribution < 1.29 is 4.79 Å². The molecule has 0 fully saturated rings. The van der Waals surface area contributed by atoms with Crippen LogP contribution in [0.15, 0.2) is 55.1 Å². The number of rotatable bonds is 4. The zero-order valence-corrected chi connectivity index (χ0v) is 15.6. The number of carbonyl (C=O) groups is 1. The van der Waals surface area contributed by atoms with E-state index in [4.69, 9.17) is 46.4 Å². The van der Waals surface area contributed by atoms with E-state index in [0.717, 1.165) is 0 Å². The summed E-state index contributed by atoms with van der Waals surface area (Å²) >= 11 is 24.3. The monoisotopic (exact) mass is 410 g/mol. The topological polar surface area (TPSA) is 34.9 Å². The Labute approximate surface area is 164 Å². The van der Waals surface area contributed by atoms with E-state index in [9.17, 15) is 4.79 Å². The number of hydrogen-bond acceptors (Lipinski definition) is 2. The number of allylic oxidation sites excluding steroid dienone is 1. The predicted octanol–water partition coefficient (Wildman–Crippen LogP) is 6.38. The molecule has 0 aliphatic heterocycles. The van der Waals surface area contributed by atoms with Gasteiger partial charge in [-0.3, -0.25) is 4.79 Å². The van der Waals surface area contributed by atoms with Gasteiger partial charge in [0.1, 0.15) is 0 Å². The Morgan fingerprint density at radius 1 is 0.960 bits per heavy atom. The van der Waals surface area contributed by atoms with Crippen molar-refractivity contribution in [3.8, 4) is 0 Å². The molecule has 1 aromatic heterocycles. The first-order valence-corrected chi connectivity index (χ1v) is 8.62. The molecule has 0 unspecified atom stereocenters. The molecule has 0 spiro atoms. The van der Waals surface area contributed by atoms with Gasteiger partial charge in [-0.15, -0.1) is 0 Å². The maximum Gasteiger partial charge on any atom is 0.211 e. The smallest absolute Gasteiger partial charge is 0.211 e. The molecule has 0 atom stereocenters. The second kappa shape index (κ2) is 7.63. The summed E-state index contributed by atoms with van der Waals surface area (Å²) in [4.78, 5) is 17.0. The summed E-state index contributed by atoms with van der Waals surface area (Å²) in [6, 6.07) is 9.77. The summed E-state index contributed by atoms with van der Waals surface area (Å²) in [5.41, 5.74) is 1.32. The van der Waals surface area contributed by atoms with Crippen molar-refractivity contribution in [2.75, 3.05) is 0 Å². The Kier molecular flexibility index (Phi) is 5.50. The first kappa shape index (κ1) is 18.0. The van der Waals surface area contributed by atoms with Gasteiger partial charge in [0.05, 0.1) is 17.0 Å². The minimum absolute atomic E-state index is 0.269. The van der Waals surface area contributed by atoms with Crippen LogP contribution in [0, 0.1) is 0 Å². The lowest BCUT2D eigenvalue weighted by molar-refractivity contribution is 0.105. The van der Waals surface area contributed by atoms with Crippen LogP contribution in [0.2, 0.25) is 20.1 Å². The zero-order valence-electron chi connectivity index (χ0n) is 12.6. The molecule has 0 amide bonds. The number of nitrogens with zero attached hydrogens (tertiary/aromatic N) is 2. The molecular weight excluding hydrogens is 402 g/mol. The number of Topliss-reactive ketones (excluding diaryl/α,β-unsaturated/α-hetero) is 1. The van der Waals surface area contributed by atoms with Crippen LogP contribution in [-0.2, 0) is 0 Å². The summed E-state index contributed by atoms with van der Waals surface area (Å²) in [5, 5.41) is 1.67. The summed E-state index contributed by atoms with van der Waals surface area (Å²) < 4.78 is 1.60. The van der Waals surface area contributed by atoms with Crippen LogP contribution in [0.3, 0.4) is 0 Å². The van der Waals surface area contributed by atoms with E-state index in [1.54, 1.807) is 53.4 Å². The van der Waals surface area contributed by atoms with Crippen molar-refractivity contribution in [3.63, 3.8) is 0 Å². The molecule has 3 aromatic rings. The minimum atomic E-state index is -0.286. The van der Waals surface area contributed by atoms with E-state index in [0.29, 0.717) is 31.9 Å². The van der Waals surface area contributed by atoms with Gasteiger partial charge in [-0.2, -0.15) is 0 Å². The Morgan fingerprint density at radius 2 is 1.64 bits per heavy atom. The summed E-state index contributed by atoms with van der Waals surface area (Å²) in [5.74, 6) is -0.286. The molecule has 0 bridgehead atoms. The van der Waals surface area contributed by atoms with E-state index in [-0.39, 0.29) is 10.8 Å². The van der Waals surface area contributed by atoms with Gasteiger partial charge in [-0.1, -0.05) is 52.5 Å². The fourth-order valence-electron chi connectivity index (χ4n) is 2.24. The Balaban J connectivity index is 2.12. The Hall–Kier alpha value is -1.78. The number of aromatic nitrogens is 2. The highest BCUT2D eigenvalue weighted by atomic mass is 35.5.